The van der Waals surface area contributed by atoms with Crippen molar-refractivity contribution in [1.82, 2.24) is 0 Å². The molecule has 2 aliphatic rings. The normalized spacial score (nSPS) is 30.6. The van der Waals surface area contributed by atoms with Gasteiger partial charge in [0.05, 0.1) is 0 Å². The Kier molecular flexibility index (Phi) is 8.65. The van der Waals surface area contributed by atoms with E-state index < -0.39 is 18.3 Å². The van der Waals surface area contributed by atoms with E-state index in [0.717, 1.165) is 18.4 Å². The van der Waals surface area contributed by atoms with Crippen LogP contribution in [0.1, 0.15) is 45.6 Å². The topological polar surface area (TPSA) is 55.8 Å². The number of aliphatic hydroxyl groups is 1. The molecule has 182 valence electrons. The minimum atomic E-state index is -0.928. The summed E-state index contributed by atoms with van der Waals surface area (Å²) in [7, 11) is 0. The van der Waals surface area contributed by atoms with Crippen LogP contribution in [0.2, 0.25) is 4.82 Å². The average Bonchev–Trinajstić information content (AvgIpc) is 3.13. The number of cyclic esters (lactones) is 1. The van der Waals surface area contributed by atoms with Crippen LogP contribution in [0.25, 0.3) is 6.08 Å². The van der Waals surface area contributed by atoms with Crippen LogP contribution in [-0.2, 0) is 14.3 Å². The molecule has 2 aromatic rings. The number of benzene rings is 2. The van der Waals surface area contributed by atoms with Crippen molar-refractivity contribution in [1.29, 1.82) is 0 Å². The van der Waals surface area contributed by atoms with E-state index in [1.54, 1.807) is 6.08 Å². The summed E-state index contributed by atoms with van der Waals surface area (Å²) in [6.45, 7) is 6.79. The van der Waals surface area contributed by atoms with E-state index in [9.17, 15) is 9.90 Å². The second-order valence-corrected chi connectivity index (χ2v) is 12.6. The van der Waals surface area contributed by atoms with Gasteiger partial charge in [-0.05, 0) is 0 Å². The minimum absolute atomic E-state index is 0.0753. The zero-order valence-electron chi connectivity index (χ0n) is 20.2. The number of carbonyl (C=O) groups excluding carboxylic acids is 1. The van der Waals surface area contributed by atoms with Crippen molar-refractivity contribution in [2.75, 3.05) is 0 Å². The summed E-state index contributed by atoms with van der Waals surface area (Å²) in [5.74, 6) is 0.585. The quantitative estimate of drug-likeness (QED) is 0.394. The van der Waals surface area contributed by atoms with Crippen molar-refractivity contribution in [2.24, 2.45) is 23.7 Å². The Morgan fingerprint density at radius 2 is 1.74 bits per heavy atom. The average molecular weight is 528 g/mol. The van der Waals surface area contributed by atoms with E-state index in [0.29, 0.717) is 17.8 Å². The van der Waals surface area contributed by atoms with E-state index in [-0.39, 0.29) is 31.8 Å². The molecule has 0 radical (unpaired) electrons. The predicted octanol–water partition coefficient (Wildman–Crippen LogP) is 4.86. The Balaban J connectivity index is 1.56. The molecular weight excluding hydrogens is 491 g/mol. The van der Waals surface area contributed by atoms with Crippen molar-refractivity contribution >= 4 is 31.5 Å². The maximum absolute atomic E-state index is 13.1. The first-order valence-corrected chi connectivity index (χ1v) is 14.3. The number of rotatable bonds is 8. The van der Waals surface area contributed by atoms with Crippen molar-refractivity contribution in [3.63, 3.8) is 0 Å². The molecule has 4 nitrogen and oxygen atoms in total. The van der Waals surface area contributed by atoms with Gasteiger partial charge in [-0.25, -0.2) is 0 Å². The van der Waals surface area contributed by atoms with Gasteiger partial charge in [-0.1, -0.05) is 0 Å². The summed E-state index contributed by atoms with van der Waals surface area (Å²) in [5, 5.41) is 11.1. The van der Waals surface area contributed by atoms with Gasteiger partial charge in [-0.15, -0.1) is 0 Å². The third-order valence-electron chi connectivity index (χ3n) is 7.07. The van der Waals surface area contributed by atoms with Gasteiger partial charge in [0.2, 0.25) is 0 Å². The number of hydrogen-bond donors (Lipinski definition) is 1. The Hall–Kier alpha value is -1.91. The summed E-state index contributed by atoms with van der Waals surface area (Å²) < 4.78 is 13.7. The van der Waals surface area contributed by atoms with Crippen LogP contribution in [0.5, 0.6) is 0 Å². The SMILES string of the molecule is CC(C)[C@H]1CC[C@@H](C)C[C@H]1O[C@@H]1OC(=O)[C@H]([C@@H](O)/C=C/c2ccccc2)[C@H]1[Se]c1ccccc1. The summed E-state index contributed by atoms with van der Waals surface area (Å²) in [4.78, 5) is 12.9. The second kappa shape index (κ2) is 11.7. The van der Waals surface area contributed by atoms with E-state index >= 15 is 0 Å². The zero-order valence-corrected chi connectivity index (χ0v) is 22.0. The Morgan fingerprint density at radius 3 is 2.41 bits per heavy atom. The van der Waals surface area contributed by atoms with Crippen LogP contribution in [0, 0.1) is 23.7 Å². The number of aliphatic hydroxyl groups excluding tert-OH is 1. The molecule has 1 N–H and O–H groups in total. The van der Waals surface area contributed by atoms with E-state index in [4.69, 9.17) is 9.47 Å². The second-order valence-electron chi connectivity index (χ2n) is 9.99. The molecule has 1 aliphatic heterocycles. The molecule has 0 aromatic heterocycles. The molecule has 1 heterocycles. The molecule has 1 aliphatic carbocycles. The summed E-state index contributed by atoms with van der Waals surface area (Å²) >= 11 is -0.0854. The molecule has 2 aromatic carbocycles. The van der Waals surface area contributed by atoms with Crippen molar-refractivity contribution in [3.05, 3.63) is 72.3 Å². The standard InChI is InChI=1S/C29H36O4Se/c1-19(2)23-16-14-20(3)18-25(23)32-29-27(34-22-12-8-5-9-13-22)26(28(31)33-29)24(30)17-15-21-10-6-4-7-11-21/h4-13,15,17,19-20,23-27,29-30H,14,16,18H2,1-3H3/b17-15+/t20-,23-,24+,25-,26-,27-,29-/m1/s1. The number of esters is 1. The van der Waals surface area contributed by atoms with Crippen molar-refractivity contribution in [3.8, 4) is 0 Å². The fourth-order valence-electron chi connectivity index (χ4n) is 5.12. The van der Waals surface area contributed by atoms with Gasteiger partial charge in [0.25, 0.3) is 0 Å². The van der Waals surface area contributed by atoms with Crippen LogP contribution in [0.4, 0.5) is 0 Å². The fourth-order valence-corrected chi connectivity index (χ4v) is 7.81. The monoisotopic (exact) mass is 528 g/mol. The van der Waals surface area contributed by atoms with E-state index in [2.05, 4.69) is 32.9 Å². The van der Waals surface area contributed by atoms with Gasteiger partial charge in [-0.3, -0.25) is 0 Å². The molecule has 0 spiro atoms. The molecule has 1 saturated heterocycles. The van der Waals surface area contributed by atoms with Crippen LogP contribution in [0.15, 0.2) is 66.7 Å². The molecular formula is C29H36O4Se. The first kappa shape index (κ1) is 25.2. The van der Waals surface area contributed by atoms with Crippen LogP contribution >= 0.6 is 0 Å². The van der Waals surface area contributed by atoms with Gasteiger partial charge < -0.3 is 0 Å². The van der Waals surface area contributed by atoms with E-state index in [1.165, 1.54) is 10.9 Å². The number of carbonyl (C=O) groups is 1. The Morgan fingerprint density at radius 1 is 1.06 bits per heavy atom. The molecule has 1 saturated carbocycles. The van der Waals surface area contributed by atoms with Gasteiger partial charge in [0, 0.05) is 0 Å². The fraction of sp³-hybridized carbons (Fsp3) is 0.483. The third kappa shape index (κ3) is 6.20. The predicted molar refractivity (Wildman–Crippen MR) is 137 cm³/mol. The zero-order chi connectivity index (χ0) is 24.1. The first-order valence-electron chi connectivity index (χ1n) is 12.4. The Labute approximate surface area is 209 Å². The summed E-state index contributed by atoms with van der Waals surface area (Å²) in [6.07, 6.45) is 5.47. The molecule has 4 rings (SSSR count). The third-order valence-corrected chi connectivity index (χ3v) is 9.86. The van der Waals surface area contributed by atoms with Gasteiger partial charge >= 0.3 is 210 Å². The summed E-state index contributed by atoms with van der Waals surface area (Å²) in [5.41, 5.74) is 0.988. The number of ether oxygens (including phenoxy) is 2. The maximum atomic E-state index is 13.1. The van der Waals surface area contributed by atoms with Crippen molar-refractivity contribution < 1.29 is 19.4 Å². The van der Waals surface area contributed by atoms with Crippen LogP contribution in [0.3, 0.4) is 0 Å². The molecule has 0 bridgehead atoms. The molecule has 0 unspecified atom stereocenters. The molecule has 2 fully saturated rings. The van der Waals surface area contributed by atoms with Gasteiger partial charge in [0.15, 0.2) is 0 Å². The van der Waals surface area contributed by atoms with Crippen LogP contribution in [-0.4, -0.2) is 44.5 Å². The van der Waals surface area contributed by atoms with Gasteiger partial charge in [-0.2, -0.15) is 0 Å². The van der Waals surface area contributed by atoms with Gasteiger partial charge in [0.1, 0.15) is 0 Å². The van der Waals surface area contributed by atoms with Crippen LogP contribution < -0.4 is 4.46 Å². The molecule has 34 heavy (non-hydrogen) atoms. The van der Waals surface area contributed by atoms with E-state index in [1.807, 2.05) is 54.6 Å². The summed E-state index contributed by atoms with van der Waals surface area (Å²) in [6, 6.07) is 20.0. The Bertz CT molecular complexity index is 945. The van der Waals surface area contributed by atoms with Crippen molar-refractivity contribution in [2.45, 2.75) is 63.3 Å². The molecule has 7 atom stereocenters. The first-order chi connectivity index (χ1) is 16.4. The molecule has 5 heteroatoms. The number of hydrogen-bond acceptors (Lipinski definition) is 4. The molecule has 0 amide bonds.